The minimum absolute atomic E-state index is 0.129. The summed E-state index contributed by atoms with van der Waals surface area (Å²) in [6.45, 7) is 6.20. The highest BCUT2D eigenvalue weighted by molar-refractivity contribution is 5.73. The van der Waals surface area contributed by atoms with E-state index in [0.29, 0.717) is 11.8 Å². The molecule has 0 aromatic heterocycles. The van der Waals surface area contributed by atoms with Crippen LogP contribution >= 0.6 is 0 Å². The molecule has 0 aromatic carbocycles. The van der Waals surface area contributed by atoms with Gasteiger partial charge in [0.15, 0.2) is 0 Å². The van der Waals surface area contributed by atoms with E-state index in [1.165, 1.54) is 24.8 Å². The third-order valence-corrected chi connectivity index (χ3v) is 5.40. The van der Waals surface area contributed by atoms with Gasteiger partial charge in [-0.05, 0) is 62.7 Å². The number of hydrogen-bond acceptors (Lipinski definition) is 2. The maximum absolute atomic E-state index is 11.5. The van der Waals surface area contributed by atoms with Crippen molar-refractivity contribution < 1.29 is 9.90 Å². The zero-order valence-corrected chi connectivity index (χ0v) is 9.92. The van der Waals surface area contributed by atoms with Crippen LogP contribution in [0.3, 0.4) is 0 Å². The lowest BCUT2D eigenvalue weighted by Gasteiger charge is -2.63. The van der Waals surface area contributed by atoms with Crippen LogP contribution in [0.5, 0.6) is 0 Å². The van der Waals surface area contributed by atoms with E-state index in [0.717, 1.165) is 19.3 Å². The van der Waals surface area contributed by atoms with Crippen LogP contribution in [-0.4, -0.2) is 5.97 Å². The summed E-state index contributed by atoms with van der Waals surface area (Å²) >= 11 is 0. The second-order valence-electron chi connectivity index (χ2n) is 6.59. The Bertz CT molecular complexity index is 323. The van der Waals surface area contributed by atoms with Crippen LogP contribution in [0, 0.1) is 22.7 Å². The highest BCUT2D eigenvalue weighted by atomic mass is 16.4. The van der Waals surface area contributed by atoms with Crippen molar-refractivity contribution in [1.82, 2.24) is 0 Å². The van der Waals surface area contributed by atoms with Crippen molar-refractivity contribution in [2.75, 3.05) is 0 Å². The number of carboxylic acids is 1. The molecule has 0 saturated heterocycles. The number of allylic oxidation sites excluding steroid dienone is 1. The van der Waals surface area contributed by atoms with Gasteiger partial charge >= 0.3 is 0 Å². The van der Waals surface area contributed by atoms with Crippen LogP contribution in [0.2, 0.25) is 0 Å². The molecule has 4 aliphatic rings. The van der Waals surface area contributed by atoms with Crippen molar-refractivity contribution >= 4 is 5.97 Å². The first kappa shape index (κ1) is 10.4. The maximum atomic E-state index is 11.5. The highest BCUT2D eigenvalue weighted by Gasteiger charge is 2.58. The van der Waals surface area contributed by atoms with Gasteiger partial charge in [-0.3, -0.25) is 0 Å². The second-order valence-corrected chi connectivity index (χ2v) is 6.59. The molecule has 4 atom stereocenters. The Balaban J connectivity index is 2.03. The molecule has 0 heterocycles. The van der Waals surface area contributed by atoms with Crippen LogP contribution in [0.4, 0.5) is 0 Å². The first-order chi connectivity index (χ1) is 7.46. The Morgan fingerprint density at radius 2 is 1.69 bits per heavy atom. The third-order valence-electron chi connectivity index (χ3n) is 5.40. The third kappa shape index (κ3) is 1.16. The molecule has 2 heteroatoms. The quantitative estimate of drug-likeness (QED) is 0.665. The fraction of sp³-hybridized carbons (Fsp3) is 0.786. The van der Waals surface area contributed by atoms with E-state index in [-0.39, 0.29) is 5.41 Å². The molecule has 16 heavy (non-hydrogen) atoms. The summed E-state index contributed by atoms with van der Waals surface area (Å²) in [7, 11) is 0. The smallest absolute Gasteiger partial charge is 0.0476 e. The van der Waals surface area contributed by atoms with Gasteiger partial charge in [-0.2, -0.15) is 0 Å². The van der Waals surface area contributed by atoms with E-state index < -0.39 is 11.4 Å². The van der Waals surface area contributed by atoms with Gasteiger partial charge < -0.3 is 9.90 Å². The standard InChI is InChI=1S/C14H20O2/c1-9(2)13-4-10-3-11(5-13)7-14(6-10,8-13)12(15)16/h10-11H,1,3-8H2,2H3,(H,15,16)/p-1/t10-,11+,13?,14?. The Labute approximate surface area is 96.7 Å². The van der Waals surface area contributed by atoms with Gasteiger partial charge in [-0.15, -0.1) is 0 Å². The van der Waals surface area contributed by atoms with Gasteiger partial charge in [-0.25, -0.2) is 0 Å². The van der Waals surface area contributed by atoms with Gasteiger partial charge in [0, 0.05) is 11.4 Å². The van der Waals surface area contributed by atoms with Crippen LogP contribution in [-0.2, 0) is 4.79 Å². The molecule has 4 bridgehead atoms. The minimum atomic E-state index is -0.799. The van der Waals surface area contributed by atoms with E-state index >= 15 is 0 Å². The molecule has 88 valence electrons. The number of rotatable bonds is 2. The zero-order valence-electron chi connectivity index (χ0n) is 9.92. The van der Waals surface area contributed by atoms with E-state index in [2.05, 4.69) is 13.5 Å². The molecule has 4 aliphatic carbocycles. The Morgan fingerprint density at radius 1 is 1.19 bits per heavy atom. The first-order valence-electron chi connectivity index (χ1n) is 6.33. The monoisotopic (exact) mass is 219 g/mol. The molecule has 0 N–H and O–H groups in total. The Kier molecular flexibility index (Phi) is 1.88. The van der Waals surface area contributed by atoms with Gasteiger partial charge in [0.05, 0.1) is 0 Å². The molecule has 4 fully saturated rings. The molecule has 0 radical (unpaired) electrons. The van der Waals surface area contributed by atoms with Gasteiger partial charge in [0.1, 0.15) is 0 Å². The molecule has 0 aliphatic heterocycles. The summed E-state index contributed by atoms with van der Waals surface area (Å²) in [5.74, 6) is 0.416. The SMILES string of the molecule is C=C(C)C12C[C@H]3C[C@@H](C1)CC(C(=O)[O-])(C3)C2. The van der Waals surface area contributed by atoms with Crippen molar-refractivity contribution in [2.24, 2.45) is 22.7 Å². The van der Waals surface area contributed by atoms with Crippen LogP contribution in [0.25, 0.3) is 0 Å². The predicted octanol–water partition coefficient (Wildman–Crippen LogP) is 1.90. The molecule has 0 aromatic rings. The van der Waals surface area contributed by atoms with E-state index in [1.807, 2.05) is 0 Å². The summed E-state index contributed by atoms with van der Waals surface area (Å²) in [5.41, 5.74) is 0.819. The highest BCUT2D eigenvalue weighted by Crippen LogP contribution is 2.66. The summed E-state index contributed by atoms with van der Waals surface area (Å²) in [6, 6.07) is 0. The second kappa shape index (κ2) is 2.91. The van der Waals surface area contributed by atoms with Crippen molar-refractivity contribution in [1.29, 1.82) is 0 Å². The molecule has 0 spiro atoms. The molecule has 4 saturated carbocycles. The van der Waals surface area contributed by atoms with Gasteiger partial charge in [0.25, 0.3) is 0 Å². The molecule has 0 amide bonds. The summed E-state index contributed by atoms with van der Waals surface area (Å²) in [6.07, 6.45) is 6.11. The summed E-state index contributed by atoms with van der Waals surface area (Å²) < 4.78 is 0. The molecule has 2 unspecified atom stereocenters. The maximum Gasteiger partial charge on any atom is 0.0476 e. The fourth-order valence-corrected chi connectivity index (χ4v) is 5.00. The first-order valence-corrected chi connectivity index (χ1v) is 6.33. The number of aliphatic carboxylic acids is 1. The average molecular weight is 219 g/mol. The average Bonchev–Trinajstić information content (AvgIpc) is 2.14. The topological polar surface area (TPSA) is 40.1 Å². The lowest BCUT2D eigenvalue weighted by Crippen LogP contribution is -2.58. The van der Waals surface area contributed by atoms with Crippen molar-refractivity contribution in [3.05, 3.63) is 12.2 Å². The lowest BCUT2D eigenvalue weighted by molar-refractivity contribution is -0.328. The van der Waals surface area contributed by atoms with Crippen LogP contribution in [0.1, 0.15) is 45.4 Å². The number of carboxylic acid groups (broad SMARTS) is 1. The van der Waals surface area contributed by atoms with Gasteiger partial charge in [0.2, 0.25) is 0 Å². The van der Waals surface area contributed by atoms with Crippen molar-refractivity contribution in [2.45, 2.75) is 45.4 Å². The predicted molar refractivity (Wildman–Crippen MR) is 59.4 cm³/mol. The molecule has 4 rings (SSSR count). The summed E-state index contributed by atoms with van der Waals surface area (Å²) in [4.78, 5) is 11.5. The van der Waals surface area contributed by atoms with Crippen LogP contribution < -0.4 is 5.11 Å². The van der Waals surface area contributed by atoms with Crippen LogP contribution in [0.15, 0.2) is 12.2 Å². The number of carbonyl (C=O) groups excluding carboxylic acids is 1. The van der Waals surface area contributed by atoms with E-state index in [4.69, 9.17) is 0 Å². The van der Waals surface area contributed by atoms with E-state index in [9.17, 15) is 9.90 Å². The zero-order chi connectivity index (χ0) is 11.6. The van der Waals surface area contributed by atoms with E-state index in [1.54, 1.807) is 0 Å². The normalized spacial score (nSPS) is 49.3. The molecular weight excluding hydrogens is 200 g/mol. The van der Waals surface area contributed by atoms with Crippen molar-refractivity contribution in [3.63, 3.8) is 0 Å². The lowest BCUT2D eigenvalue weighted by atomic mass is 9.43. The molecule has 2 nitrogen and oxygen atoms in total. The number of hydrogen-bond donors (Lipinski definition) is 0. The Morgan fingerprint density at radius 3 is 2.12 bits per heavy atom. The minimum Gasteiger partial charge on any atom is -0.550 e. The fourth-order valence-electron chi connectivity index (χ4n) is 5.00. The van der Waals surface area contributed by atoms with Crippen molar-refractivity contribution in [3.8, 4) is 0 Å². The number of carbonyl (C=O) groups is 1. The largest absolute Gasteiger partial charge is 0.550 e. The molecular formula is C14H19O2-. The summed E-state index contributed by atoms with van der Waals surface area (Å²) in [5, 5.41) is 11.5. The Hall–Kier alpha value is -0.790. The van der Waals surface area contributed by atoms with Gasteiger partial charge in [-0.1, -0.05) is 12.2 Å².